The fraction of sp³-hybridized carbons (Fsp3) is 0.167. The molecule has 0 spiro atoms. The van der Waals surface area contributed by atoms with Gasteiger partial charge in [0.25, 0.3) is 5.91 Å². The van der Waals surface area contributed by atoms with Gasteiger partial charge in [0.05, 0.1) is 0 Å². The van der Waals surface area contributed by atoms with E-state index in [-0.39, 0.29) is 11.4 Å². The fourth-order valence-corrected chi connectivity index (χ4v) is 1.85. The van der Waals surface area contributed by atoms with Gasteiger partial charge >= 0.3 is 0 Å². The van der Waals surface area contributed by atoms with Crippen LogP contribution in [0.2, 0.25) is 0 Å². The lowest BCUT2D eigenvalue weighted by Crippen LogP contribution is -2.21. The molecular formula is C18H19N3O2. The lowest BCUT2D eigenvalue weighted by atomic mass is 10.1. The highest BCUT2D eigenvalue weighted by Crippen LogP contribution is 2.12. The van der Waals surface area contributed by atoms with Gasteiger partial charge in [-0.3, -0.25) is 9.59 Å². The van der Waals surface area contributed by atoms with Crippen LogP contribution >= 0.6 is 0 Å². The van der Waals surface area contributed by atoms with E-state index >= 15 is 0 Å². The van der Waals surface area contributed by atoms with Crippen LogP contribution in [0.3, 0.4) is 0 Å². The van der Waals surface area contributed by atoms with Crippen LogP contribution in [0.5, 0.6) is 0 Å². The van der Waals surface area contributed by atoms with Gasteiger partial charge in [-0.05, 0) is 19.1 Å². The summed E-state index contributed by atoms with van der Waals surface area (Å²) in [6.07, 6.45) is 4.81. The van der Waals surface area contributed by atoms with Crippen molar-refractivity contribution >= 4 is 17.4 Å². The molecule has 0 aliphatic carbocycles. The Hall–Kier alpha value is -3.13. The number of ketones is 1. The summed E-state index contributed by atoms with van der Waals surface area (Å²) in [6.45, 7) is 9.70. The highest BCUT2D eigenvalue weighted by molar-refractivity contribution is 6.07. The summed E-state index contributed by atoms with van der Waals surface area (Å²) >= 11 is 0. The SMILES string of the molecule is C=CCN(/C=C(/C#N)C(=O)Nc1cccc(C(C)=O)c1)CC=C. The van der Waals surface area contributed by atoms with Crippen molar-refractivity contribution in [2.45, 2.75) is 6.92 Å². The first-order valence-electron chi connectivity index (χ1n) is 7.02. The lowest BCUT2D eigenvalue weighted by molar-refractivity contribution is -0.112. The number of nitriles is 1. The molecule has 0 aliphatic heterocycles. The van der Waals surface area contributed by atoms with E-state index in [0.29, 0.717) is 24.3 Å². The van der Waals surface area contributed by atoms with Crippen LogP contribution < -0.4 is 5.32 Å². The summed E-state index contributed by atoms with van der Waals surface area (Å²) in [7, 11) is 0. The average molecular weight is 309 g/mol. The average Bonchev–Trinajstić information content (AvgIpc) is 2.53. The van der Waals surface area contributed by atoms with Gasteiger partial charge in [0.15, 0.2) is 5.78 Å². The number of Topliss-reactive ketones (excluding diaryl/α,β-unsaturated/α-hetero) is 1. The van der Waals surface area contributed by atoms with E-state index < -0.39 is 5.91 Å². The van der Waals surface area contributed by atoms with E-state index in [2.05, 4.69) is 18.5 Å². The summed E-state index contributed by atoms with van der Waals surface area (Å²) in [5.41, 5.74) is 0.912. The minimum atomic E-state index is -0.536. The standard InChI is InChI=1S/C18H19N3O2/c1-4-9-21(10-5-2)13-16(12-19)18(23)20-17-8-6-7-15(11-17)14(3)22/h4-8,11,13H,1-2,9-10H2,3H3,(H,20,23)/b16-13-. The summed E-state index contributed by atoms with van der Waals surface area (Å²) < 4.78 is 0. The van der Waals surface area contributed by atoms with Crippen molar-refractivity contribution < 1.29 is 9.59 Å². The topological polar surface area (TPSA) is 73.2 Å². The highest BCUT2D eigenvalue weighted by atomic mass is 16.1. The molecule has 1 rings (SSSR count). The molecule has 1 N–H and O–H groups in total. The predicted octanol–water partition coefficient (Wildman–Crippen LogP) is 2.91. The number of carbonyl (C=O) groups is 2. The molecule has 5 heteroatoms. The second-order valence-electron chi connectivity index (χ2n) is 4.78. The van der Waals surface area contributed by atoms with E-state index in [1.807, 2.05) is 6.07 Å². The van der Waals surface area contributed by atoms with Crippen molar-refractivity contribution in [3.05, 3.63) is 66.9 Å². The number of anilines is 1. The molecule has 0 atom stereocenters. The van der Waals surface area contributed by atoms with Crippen LogP contribution in [-0.4, -0.2) is 29.7 Å². The number of carbonyl (C=O) groups excluding carboxylic acids is 2. The van der Waals surface area contributed by atoms with Crippen molar-refractivity contribution in [1.82, 2.24) is 4.90 Å². The summed E-state index contributed by atoms with van der Waals surface area (Å²) in [5.74, 6) is -0.633. The predicted molar refractivity (Wildman–Crippen MR) is 90.7 cm³/mol. The van der Waals surface area contributed by atoms with Crippen LogP contribution in [0, 0.1) is 11.3 Å². The van der Waals surface area contributed by atoms with Crippen LogP contribution in [-0.2, 0) is 4.79 Å². The smallest absolute Gasteiger partial charge is 0.267 e. The molecule has 0 saturated heterocycles. The van der Waals surface area contributed by atoms with Crippen LogP contribution in [0.15, 0.2) is 61.3 Å². The maximum Gasteiger partial charge on any atom is 0.267 e. The first-order chi connectivity index (χ1) is 11.0. The number of nitrogens with zero attached hydrogens (tertiary/aromatic N) is 2. The van der Waals surface area contributed by atoms with Gasteiger partial charge in [-0.1, -0.05) is 24.3 Å². The van der Waals surface area contributed by atoms with Crippen molar-refractivity contribution in [3.8, 4) is 6.07 Å². The van der Waals surface area contributed by atoms with Crippen LogP contribution in [0.4, 0.5) is 5.69 Å². The summed E-state index contributed by atoms with van der Waals surface area (Å²) in [6, 6.07) is 8.44. The first-order valence-corrected chi connectivity index (χ1v) is 7.02. The molecule has 1 aromatic rings. The molecule has 5 nitrogen and oxygen atoms in total. The molecule has 0 radical (unpaired) electrons. The molecule has 0 heterocycles. The highest BCUT2D eigenvalue weighted by Gasteiger charge is 2.11. The largest absolute Gasteiger partial charge is 0.369 e. The molecule has 0 saturated carbocycles. The normalized spacial score (nSPS) is 10.3. The zero-order valence-electron chi connectivity index (χ0n) is 13.1. The summed E-state index contributed by atoms with van der Waals surface area (Å²) in [5, 5.41) is 11.8. The Morgan fingerprint density at radius 1 is 1.30 bits per heavy atom. The lowest BCUT2D eigenvalue weighted by Gasteiger charge is -2.16. The second-order valence-corrected chi connectivity index (χ2v) is 4.78. The van der Waals surface area contributed by atoms with E-state index in [1.165, 1.54) is 13.1 Å². The molecule has 0 aromatic heterocycles. The molecule has 0 aliphatic rings. The van der Waals surface area contributed by atoms with E-state index in [4.69, 9.17) is 0 Å². The Bertz CT molecular complexity index is 674. The Labute approximate surface area is 136 Å². The number of benzene rings is 1. The molecule has 23 heavy (non-hydrogen) atoms. The number of amides is 1. The maximum atomic E-state index is 12.2. The number of rotatable bonds is 8. The van der Waals surface area contributed by atoms with Crippen molar-refractivity contribution in [2.24, 2.45) is 0 Å². The molecular weight excluding hydrogens is 290 g/mol. The third-order valence-corrected chi connectivity index (χ3v) is 2.93. The first kappa shape index (κ1) is 17.9. The van der Waals surface area contributed by atoms with Gasteiger partial charge in [-0.2, -0.15) is 5.26 Å². The third-order valence-electron chi connectivity index (χ3n) is 2.93. The van der Waals surface area contributed by atoms with Gasteiger partial charge in [-0.25, -0.2) is 0 Å². The molecule has 0 unspecified atom stereocenters. The Balaban J connectivity index is 2.94. The quantitative estimate of drug-likeness (QED) is 0.347. The Morgan fingerprint density at radius 2 is 1.96 bits per heavy atom. The number of nitrogens with one attached hydrogen (secondary N) is 1. The number of hydrogen-bond donors (Lipinski definition) is 1. The van der Waals surface area contributed by atoms with Gasteiger partial charge in [0.1, 0.15) is 11.6 Å². The van der Waals surface area contributed by atoms with Crippen LogP contribution in [0.25, 0.3) is 0 Å². The maximum absolute atomic E-state index is 12.2. The van der Waals surface area contributed by atoms with E-state index in [9.17, 15) is 14.9 Å². The second kappa shape index (κ2) is 9.00. The molecule has 118 valence electrons. The summed E-state index contributed by atoms with van der Waals surface area (Å²) in [4.78, 5) is 25.3. The van der Waals surface area contributed by atoms with E-state index in [0.717, 1.165) is 0 Å². The van der Waals surface area contributed by atoms with Crippen molar-refractivity contribution in [3.63, 3.8) is 0 Å². The minimum absolute atomic E-state index is 0.0399. The Morgan fingerprint density at radius 3 is 2.48 bits per heavy atom. The molecule has 0 fully saturated rings. The van der Waals surface area contributed by atoms with Crippen molar-refractivity contribution in [1.29, 1.82) is 5.26 Å². The number of hydrogen-bond acceptors (Lipinski definition) is 4. The Kier molecular flexibility index (Phi) is 7.02. The third kappa shape index (κ3) is 5.64. The zero-order valence-corrected chi connectivity index (χ0v) is 13.1. The van der Waals surface area contributed by atoms with Crippen molar-refractivity contribution in [2.75, 3.05) is 18.4 Å². The van der Waals surface area contributed by atoms with E-state index in [1.54, 1.807) is 41.3 Å². The zero-order chi connectivity index (χ0) is 17.2. The van der Waals surface area contributed by atoms with Gasteiger partial charge in [0, 0.05) is 30.5 Å². The molecule has 1 aromatic carbocycles. The monoisotopic (exact) mass is 309 g/mol. The molecule has 0 bridgehead atoms. The van der Waals surface area contributed by atoms with Gasteiger partial charge in [0.2, 0.25) is 0 Å². The fourth-order valence-electron chi connectivity index (χ4n) is 1.85. The van der Waals surface area contributed by atoms with Gasteiger partial charge < -0.3 is 10.2 Å². The minimum Gasteiger partial charge on any atom is -0.369 e. The van der Waals surface area contributed by atoms with Crippen LogP contribution in [0.1, 0.15) is 17.3 Å². The van der Waals surface area contributed by atoms with Gasteiger partial charge in [-0.15, -0.1) is 13.2 Å². The molecule has 1 amide bonds.